The van der Waals surface area contributed by atoms with Crippen molar-refractivity contribution in [3.05, 3.63) is 12.2 Å². The molecule has 17 heavy (non-hydrogen) atoms. The van der Waals surface area contributed by atoms with E-state index in [1.165, 1.54) is 0 Å². The van der Waals surface area contributed by atoms with Crippen molar-refractivity contribution in [3.8, 4) is 0 Å². The monoisotopic (exact) mass is 260 g/mol. The second-order valence-corrected chi connectivity index (χ2v) is 6.95. The Kier molecular flexibility index (Phi) is 5.07. The van der Waals surface area contributed by atoms with Crippen LogP contribution in [-0.4, -0.2) is 47.3 Å². The number of sulfone groups is 1. The fraction of sp³-hybridized carbons (Fsp3) is 0.800. The van der Waals surface area contributed by atoms with E-state index in [-0.39, 0.29) is 11.0 Å². The Bertz CT molecular complexity index is 439. The summed E-state index contributed by atoms with van der Waals surface area (Å²) in [6.45, 7) is 4.60. The zero-order valence-corrected chi connectivity index (χ0v) is 11.4. The quantitative estimate of drug-likeness (QED) is 0.685. The van der Waals surface area contributed by atoms with E-state index in [1.807, 2.05) is 11.6 Å². The van der Waals surface area contributed by atoms with Gasteiger partial charge in [-0.3, -0.25) is 0 Å². The summed E-state index contributed by atoms with van der Waals surface area (Å²) in [5.41, 5.74) is 0. The van der Waals surface area contributed by atoms with Crippen molar-refractivity contribution in [2.75, 3.05) is 18.8 Å². The van der Waals surface area contributed by atoms with Crippen LogP contribution >= 0.6 is 0 Å². The molecule has 1 heterocycles. The number of aromatic nitrogens is 3. The van der Waals surface area contributed by atoms with Crippen LogP contribution in [0.25, 0.3) is 0 Å². The largest absolute Gasteiger partial charge is 0.321 e. The van der Waals surface area contributed by atoms with Crippen molar-refractivity contribution in [1.29, 1.82) is 0 Å². The highest BCUT2D eigenvalue weighted by atomic mass is 32.2. The molecule has 0 saturated heterocycles. The summed E-state index contributed by atoms with van der Waals surface area (Å²) in [5, 5.41) is 10.5. The number of hydrogen-bond acceptors (Lipinski definition) is 5. The third-order valence-corrected chi connectivity index (χ3v) is 4.82. The maximum Gasteiger partial charge on any atom is 0.153 e. The molecule has 0 radical (unpaired) electrons. The molecule has 0 atom stereocenters. The van der Waals surface area contributed by atoms with Crippen LogP contribution < -0.4 is 5.32 Å². The zero-order valence-electron chi connectivity index (χ0n) is 10.5. The molecule has 0 saturated carbocycles. The van der Waals surface area contributed by atoms with E-state index in [0.717, 1.165) is 12.2 Å². The normalized spacial score (nSPS) is 12.2. The SMILES string of the molecule is CC(C)S(=O)(=O)CCNCCc1nncn1C. The van der Waals surface area contributed by atoms with Crippen LogP contribution in [0.3, 0.4) is 0 Å². The van der Waals surface area contributed by atoms with Crippen LogP contribution in [0.15, 0.2) is 6.33 Å². The molecular weight excluding hydrogens is 240 g/mol. The number of nitrogens with zero attached hydrogens (tertiary/aromatic N) is 3. The fourth-order valence-corrected chi connectivity index (χ4v) is 2.21. The van der Waals surface area contributed by atoms with Gasteiger partial charge in [0.05, 0.1) is 11.0 Å². The molecule has 1 aromatic heterocycles. The van der Waals surface area contributed by atoms with Gasteiger partial charge in [-0.25, -0.2) is 8.42 Å². The number of rotatable bonds is 7. The van der Waals surface area contributed by atoms with E-state index in [4.69, 9.17) is 0 Å². The van der Waals surface area contributed by atoms with Gasteiger partial charge in [-0.05, 0) is 13.8 Å². The summed E-state index contributed by atoms with van der Waals surface area (Å²) in [7, 11) is -1.05. The Labute approximate surface area is 102 Å². The van der Waals surface area contributed by atoms with E-state index in [9.17, 15) is 8.42 Å². The average molecular weight is 260 g/mol. The maximum atomic E-state index is 11.5. The van der Waals surface area contributed by atoms with Gasteiger partial charge in [0, 0.05) is 26.6 Å². The first kappa shape index (κ1) is 14.1. The van der Waals surface area contributed by atoms with Crippen molar-refractivity contribution in [3.63, 3.8) is 0 Å². The molecule has 0 fully saturated rings. The van der Waals surface area contributed by atoms with Crippen molar-refractivity contribution < 1.29 is 8.42 Å². The maximum absolute atomic E-state index is 11.5. The van der Waals surface area contributed by atoms with Gasteiger partial charge in [0.25, 0.3) is 0 Å². The van der Waals surface area contributed by atoms with Gasteiger partial charge in [-0.15, -0.1) is 10.2 Å². The molecule has 0 aliphatic carbocycles. The Morgan fingerprint density at radius 2 is 2.12 bits per heavy atom. The summed E-state index contributed by atoms with van der Waals surface area (Å²) in [6, 6.07) is 0. The second-order valence-electron chi connectivity index (χ2n) is 4.27. The Balaban J connectivity index is 2.20. The lowest BCUT2D eigenvalue weighted by Crippen LogP contribution is -2.28. The van der Waals surface area contributed by atoms with E-state index < -0.39 is 9.84 Å². The summed E-state index contributed by atoms with van der Waals surface area (Å²) >= 11 is 0. The molecule has 1 aromatic rings. The first-order valence-electron chi connectivity index (χ1n) is 5.68. The highest BCUT2D eigenvalue weighted by molar-refractivity contribution is 7.92. The minimum Gasteiger partial charge on any atom is -0.321 e. The summed E-state index contributed by atoms with van der Waals surface area (Å²) < 4.78 is 24.9. The lowest BCUT2D eigenvalue weighted by Gasteiger charge is -2.08. The first-order valence-corrected chi connectivity index (χ1v) is 7.40. The molecule has 7 heteroatoms. The number of hydrogen-bond donors (Lipinski definition) is 1. The molecule has 0 spiro atoms. The Morgan fingerprint density at radius 3 is 2.65 bits per heavy atom. The van der Waals surface area contributed by atoms with Crippen LogP contribution in [0.2, 0.25) is 0 Å². The van der Waals surface area contributed by atoms with E-state index >= 15 is 0 Å². The summed E-state index contributed by atoms with van der Waals surface area (Å²) in [6.07, 6.45) is 2.40. The van der Waals surface area contributed by atoms with Crippen molar-refractivity contribution in [1.82, 2.24) is 20.1 Å². The molecule has 98 valence electrons. The van der Waals surface area contributed by atoms with Crippen molar-refractivity contribution in [2.45, 2.75) is 25.5 Å². The average Bonchev–Trinajstić information content (AvgIpc) is 2.63. The van der Waals surface area contributed by atoms with Crippen LogP contribution in [0, 0.1) is 0 Å². The van der Waals surface area contributed by atoms with Crippen LogP contribution in [0.4, 0.5) is 0 Å². The molecule has 0 bridgehead atoms. The smallest absolute Gasteiger partial charge is 0.153 e. The van der Waals surface area contributed by atoms with Crippen LogP contribution in [-0.2, 0) is 23.3 Å². The molecule has 0 aliphatic rings. The third kappa shape index (κ3) is 4.43. The number of aryl methyl sites for hydroxylation is 1. The van der Waals surface area contributed by atoms with Gasteiger partial charge < -0.3 is 9.88 Å². The van der Waals surface area contributed by atoms with Gasteiger partial charge in [0.2, 0.25) is 0 Å². The van der Waals surface area contributed by atoms with Gasteiger partial charge in [-0.1, -0.05) is 0 Å². The van der Waals surface area contributed by atoms with Crippen LogP contribution in [0.5, 0.6) is 0 Å². The van der Waals surface area contributed by atoms with E-state index in [1.54, 1.807) is 20.2 Å². The lowest BCUT2D eigenvalue weighted by molar-refractivity contribution is 0.581. The van der Waals surface area contributed by atoms with Gasteiger partial charge in [-0.2, -0.15) is 0 Å². The minimum atomic E-state index is -2.94. The molecule has 0 amide bonds. The Hall–Kier alpha value is -0.950. The zero-order chi connectivity index (χ0) is 12.9. The fourth-order valence-electron chi connectivity index (χ4n) is 1.31. The third-order valence-electron chi connectivity index (χ3n) is 2.61. The molecule has 6 nitrogen and oxygen atoms in total. The highest BCUT2D eigenvalue weighted by Gasteiger charge is 2.14. The topological polar surface area (TPSA) is 76.9 Å². The first-order chi connectivity index (χ1) is 7.93. The molecule has 1 N–H and O–H groups in total. The van der Waals surface area contributed by atoms with E-state index in [2.05, 4.69) is 15.5 Å². The predicted molar refractivity (Wildman–Crippen MR) is 66.5 cm³/mol. The Morgan fingerprint density at radius 1 is 1.41 bits per heavy atom. The molecule has 1 rings (SSSR count). The standard InChI is InChI=1S/C10H20N4O2S/c1-9(2)17(15,16)7-6-11-5-4-10-13-12-8-14(10)3/h8-9,11H,4-7H2,1-3H3. The minimum absolute atomic E-state index is 0.184. The summed E-state index contributed by atoms with van der Waals surface area (Å²) in [4.78, 5) is 0. The lowest BCUT2D eigenvalue weighted by atomic mass is 10.4. The van der Waals surface area contributed by atoms with Crippen LogP contribution in [0.1, 0.15) is 19.7 Å². The number of nitrogens with one attached hydrogen (secondary N) is 1. The van der Waals surface area contributed by atoms with Gasteiger partial charge in [0.15, 0.2) is 9.84 Å². The van der Waals surface area contributed by atoms with Gasteiger partial charge in [0.1, 0.15) is 12.2 Å². The van der Waals surface area contributed by atoms with Crippen molar-refractivity contribution >= 4 is 9.84 Å². The second kappa shape index (κ2) is 6.11. The van der Waals surface area contributed by atoms with Gasteiger partial charge >= 0.3 is 0 Å². The molecule has 0 unspecified atom stereocenters. The van der Waals surface area contributed by atoms with E-state index in [0.29, 0.717) is 13.1 Å². The highest BCUT2D eigenvalue weighted by Crippen LogP contribution is 1.99. The predicted octanol–water partition coefficient (Wildman–Crippen LogP) is -0.230. The molecule has 0 aliphatic heterocycles. The summed E-state index contributed by atoms with van der Waals surface area (Å²) in [5.74, 6) is 1.08. The van der Waals surface area contributed by atoms with Crippen molar-refractivity contribution in [2.24, 2.45) is 7.05 Å². The molecule has 0 aromatic carbocycles. The molecular formula is C10H20N4O2S.